The van der Waals surface area contributed by atoms with Crippen molar-refractivity contribution in [2.45, 2.75) is 115 Å². The summed E-state index contributed by atoms with van der Waals surface area (Å²) in [6.45, 7) is 13.8. The number of aliphatic hydroxyl groups excluding tert-OH is 1. The van der Waals surface area contributed by atoms with E-state index in [-0.39, 0.29) is 88.3 Å². The highest BCUT2D eigenvalue weighted by Gasteiger charge is 2.44. The fourth-order valence-electron chi connectivity index (χ4n) is 13.5. The maximum atomic E-state index is 17.1. The number of nitrogens with zero attached hydrogens (tertiary/aromatic N) is 9. The number of nitrogens with one attached hydrogen (secondary N) is 2. The number of likely N-dealkylation sites (tertiary alicyclic amines) is 2. The second-order valence-electron chi connectivity index (χ2n) is 23.8. The third kappa shape index (κ3) is 11.6. The number of aliphatic hydroxyl groups is 1. The summed E-state index contributed by atoms with van der Waals surface area (Å²) in [6, 6.07) is 15.0. The maximum Gasteiger partial charge on any atom is 0.319 e. The zero-order valence-electron chi connectivity index (χ0n) is 47.4. The van der Waals surface area contributed by atoms with Crippen molar-refractivity contribution in [2.75, 3.05) is 68.8 Å². The summed E-state index contributed by atoms with van der Waals surface area (Å²) in [5.41, 5.74) is 4.82. The Hall–Kier alpha value is -7.31. The Balaban J connectivity index is 0.638. The number of amides is 2. The minimum atomic E-state index is -0.824. The van der Waals surface area contributed by atoms with Gasteiger partial charge in [0.1, 0.15) is 47.2 Å². The van der Waals surface area contributed by atoms with E-state index >= 15 is 8.78 Å². The SMILES string of the molecule is C#Cc1c(F)ccc2cc(O)cc(-c3ncc4c(N5CC6CCC(C5)N6)nc(OCCN5CCC(CC6CCN(c7cc([C@@H](C(=O)N8C[C@H](O)C[C@H]8C(=O)N[C@@H](C)c8ccc(-c9scnc9C)cc8)C(C)C)on7)CC6)CC5)nc4c3F)c12. The van der Waals surface area contributed by atoms with E-state index in [0.29, 0.717) is 66.2 Å². The zero-order chi connectivity index (χ0) is 57.6. The first-order valence-corrected chi connectivity index (χ1v) is 30.2. The Morgan fingerprint density at radius 1 is 0.928 bits per heavy atom. The second-order valence-corrected chi connectivity index (χ2v) is 24.7. The molecule has 83 heavy (non-hydrogen) atoms. The lowest BCUT2D eigenvalue weighted by Gasteiger charge is -2.36. The first-order valence-electron chi connectivity index (χ1n) is 29.3. The average molecular weight is 1150 g/mol. The van der Waals surface area contributed by atoms with Crippen LogP contribution in [0.25, 0.3) is 43.4 Å². The number of carbonyl (C=O) groups excluding carboxylic acids is 2. The number of β-amino-alcohol motifs (C(OH)–C–C–N with tert-alkyl or cyclic N) is 1. The third-order valence-corrected chi connectivity index (χ3v) is 18.9. The summed E-state index contributed by atoms with van der Waals surface area (Å²) >= 11 is 1.59. The number of fused-ring (bicyclic) bond motifs is 4. The molecule has 434 valence electrons. The van der Waals surface area contributed by atoms with Gasteiger partial charge < -0.3 is 44.8 Å². The fourth-order valence-corrected chi connectivity index (χ4v) is 14.3. The molecule has 0 radical (unpaired) electrons. The molecule has 2 bridgehead atoms. The molecular weight excluding hydrogens is 1080 g/mol. The monoisotopic (exact) mass is 1150 g/mol. The second kappa shape index (κ2) is 23.7. The van der Waals surface area contributed by atoms with Crippen LogP contribution in [0.2, 0.25) is 0 Å². The Bertz CT molecular complexity index is 3560. The lowest BCUT2D eigenvalue weighted by molar-refractivity contribution is -0.141. The predicted octanol–water partition coefficient (Wildman–Crippen LogP) is 9.15. The van der Waals surface area contributed by atoms with E-state index in [0.717, 1.165) is 92.8 Å². The predicted molar refractivity (Wildman–Crippen MR) is 315 cm³/mol. The number of phenolic OH excluding ortho intramolecular Hbond substituents is 1. The lowest BCUT2D eigenvalue weighted by atomic mass is 9.83. The molecule has 2 amide bonds. The number of halogens is 2. The molecule has 12 rings (SSSR count). The molecule has 4 aromatic heterocycles. The smallest absolute Gasteiger partial charge is 0.319 e. The highest BCUT2D eigenvalue weighted by molar-refractivity contribution is 7.13. The summed E-state index contributed by atoms with van der Waals surface area (Å²) in [4.78, 5) is 56.2. The van der Waals surface area contributed by atoms with E-state index in [4.69, 9.17) is 20.7 Å². The van der Waals surface area contributed by atoms with Gasteiger partial charge in [0, 0.05) is 81.0 Å². The highest BCUT2D eigenvalue weighted by Crippen LogP contribution is 2.41. The van der Waals surface area contributed by atoms with Crippen LogP contribution in [0.3, 0.4) is 0 Å². The van der Waals surface area contributed by atoms with Crippen LogP contribution >= 0.6 is 11.3 Å². The number of anilines is 2. The normalized spacial score (nSPS) is 21.5. The number of piperidine rings is 2. The van der Waals surface area contributed by atoms with Crippen molar-refractivity contribution in [3.05, 3.63) is 101 Å². The van der Waals surface area contributed by atoms with E-state index in [2.05, 4.69) is 51.4 Å². The molecule has 5 fully saturated rings. The number of phenols is 1. The highest BCUT2D eigenvalue weighted by atomic mass is 32.1. The van der Waals surface area contributed by atoms with Crippen LogP contribution in [0, 0.1) is 48.7 Å². The Labute approximate surface area is 485 Å². The summed E-state index contributed by atoms with van der Waals surface area (Å²) in [6.07, 6.45) is 14.1. The number of carbonyl (C=O) groups is 2. The summed E-state index contributed by atoms with van der Waals surface area (Å²) in [5.74, 6) is 2.38. The molecule has 5 saturated heterocycles. The number of aryl methyl sites for hydroxylation is 1. The molecule has 0 saturated carbocycles. The van der Waals surface area contributed by atoms with Crippen LogP contribution in [-0.4, -0.2) is 140 Å². The average Bonchev–Trinajstić information content (AvgIpc) is 4.31. The molecule has 17 nitrogen and oxygen atoms in total. The van der Waals surface area contributed by atoms with Gasteiger partial charge in [-0.1, -0.05) is 55.3 Å². The molecular formula is C63H71F2N11O6S. The van der Waals surface area contributed by atoms with Crippen molar-refractivity contribution >= 4 is 56.5 Å². The molecule has 6 atom stereocenters. The van der Waals surface area contributed by atoms with Crippen molar-refractivity contribution in [1.82, 2.24) is 45.5 Å². The van der Waals surface area contributed by atoms with Gasteiger partial charge >= 0.3 is 6.01 Å². The minimum absolute atomic E-state index is 0.0181. The van der Waals surface area contributed by atoms with Gasteiger partial charge in [-0.05, 0) is 124 Å². The number of aromatic nitrogens is 5. The van der Waals surface area contributed by atoms with Crippen LogP contribution in [0.15, 0.2) is 70.8 Å². The number of hydrogen-bond acceptors (Lipinski definition) is 16. The van der Waals surface area contributed by atoms with Gasteiger partial charge in [0.25, 0.3) is 0 Å². The molecule has 5 aliphatic rings. The van der Waals surface area contributed by atoms with Crippen molar-refractivity contribution in [2.24, 2.45) is 17.8 Å². The Kier molecular flexibility index (Phi) is 16.1. The first kappa shape index (κ1) is 56.2. The molecule has 20 heteroatoms. The maximum absolute atomic E-state index is 17.1. The van der Waals surface area contributed by atoms with E-state index in [1.807, 2.05) is 63.5 Å². The number of piperazine rings is 1. The largest absolute Gasteiger partial charge is 0.508 e. The molecule has 7 aromatic rings. The number of thiazole rings is 1. The van der Waals surface area contributed by atoms with Crippen molar-refractivity contribution in [3.63, 3.8) is 0 Å². The van der Waals surface area contributed by atoms with E-state index < -0.39 is 29.7 Å². The standard InChI is InChI=1S/C63H71F2N11O6S/c1-6-47-50(64)14-11-42-26-45(77)27-48(55(42)47)57-56(65)58-49(30-66-57)60(75-31-43-12-13-44(32-75)69-43)71-63(70-58)81-24-23-73-19-15-38(16-20-73)25-39-17-21-74(22-18-39)53-29-52(82-72-53)54(35(2)3)62(80)76-33-46(78)28-51(76)61(79)68-36(4)40-7-9-41(10-8-40)59-37(5)67-34-83-59/h1,7-11,14,26-27,29-30,34-36,38-39,43-44,46,51,54,69,77-78H,12-13,15-25,28,31-33H2,2-5H3,(H,68,79)/t36-,43?,44?,46+,51-,54-/m0/s1. The van der Waals surface area contributed by atoms with E-state index in [1.165, 1.54) is 29.2 Å². The molecule has 0 aliphatic carbocycles. The quantitative estimate of drug-likeness (QED) is 0.0668. The van der Waals surface area contributed by atoms with Crippen LogP contribution in [0.4, 0.5) is 20.4 Å². The van der Waals surface area contributed by atoms with Crippen LogP contribution in [0.1, 0.15) is 107 Å². The van der Waals surface area contributed by atoms with Crippen LogP contribution in [0.5, 0.6) is 11.8 Å². The Morgan fingerprint density at radius 2 is 1.66 bits per heavy atom. The number of ether oxygens (including phenoxy) is 1. The van der Waals surface area contributed by atoms with Gasteiger partial charge in [-0.25, -0.2) is 13.8 Å². The molecule has 2 unspecified atom stereocenters. The topological polar surface area (TPSA) is 198 Å². The number of pyridine rings is 1. The van der Waals surface area contributed by atoms with E-state index in [9.17, 15) is 19.8 Å². The van der Waals surface area contributed by atoms with Crippen LogP contribution < -0.4 is 25.2 Å². The summed E-state index contributed by atoms with van der Waals surface area (Å²) < 4.78 is 44.4. The summed E-state index contributed by atoms with van der Waals surface area (Å²) in [5, 5.41) is 33.9. The molecule has 0 spiro atoms. The van der Waals surface area contributed by atoms with Gasteiger partial charge in [0.05, 0.1) is 39.2 Å². The molecule has 5 aliphatic heterocycles. The first-order chi connectivity index (χ1) is 40.2. The van der Waals surface area contributed by atoms with Gasteiger partial charge in [0.2, 0.25) is 11.8 Å². The van der Waals surface area contributed by atoms with Gasteiger partial charge in [-0.3, -0.25) is 19.5 Å². The van der Waals surface area contributed by atoms with E-state index in [1.54, 1.807) is 17.5 Å². The van der Waals surface area contributed by atoms with Crippen LogP contribution in [-0.2, 0) is 9.59 Å². The summed E-state index contributed by atoms with van der Waals surface area (Å²) in [7, 11) is 0. The van der Waals surface area contributed by atoms with Crippen molar-refractivity contribution < 1.29 is 37.8 Å². The lowest BCUT2D eigenvalue weighted by Crippen LogP contribution is -2.51. The molecule has 4 N–H and O–H groups in total. The van der Waals surface area contributed by atoms with Crippen molar-refractivity contribution in [1.29, 1.82) is 0 Å². The molecule has 3 aromatic carbocycles. The third-order valence-electron chi connectivity index (χ3n) is 18.0. The number of benzene rings is 3. The minimum Gasteiger partial charge on any atom is -0.508 e. The van der Waals surface area contributed by atoms with Gasteiger partial charge in [-0.15, -0.1) is 17.8 Å². The number of hydrogen-bond donors (Lipinski definition) is 4. The van der Waals surface area contributed by atoms with Crippen molar-refractivity contribution in [3.8, 4) is 45.8 Å². The number of rotatable bonds is 16. The fraction of sp³-hybridized carbons (Fsp3) is 0.476. The van der Waals surface area contributed by atoms with Gasteiger partial charge in [0.15, 0.2) is 17.4 Å². The zero-order valence-corrected chi connectivity index (χ0v) is 48.2. The Morgan fingerprint density at radius 3 is 2.36 bits per heavy atom. The molecule has 9 heterocycles. The number of terminal acetylenes is 1. The number of aromatic hydroxyl groups is 1. The van der Waals surface area contributed by atoms with Gasteiger partial charge in [-0.2, -0.15) is 9.97 Å².